The molecule has 2 aromatic carbocycles. The third-order valence-electron chi connectivity index (χ3n) is 4.31. The number of carbonyl (C=O) groups is 1. The lowest BCUT2D eigenvalue weighted by atomic mass is 10.1. The third kappa shape index (κ3) is 4.29. The largest absolute Gasteiger partial charge is 0.286 e. The number of nitrogens with zero attached hydrogens (tertiary/aromatic N) is 3. The van der Waals surface area contributed by atoms with Gasteiger partial charge in [-0.1, -0.05) is 42.4 Å². The van der Waals surface area contributed by atoms with E-state index >= 15 is 0 Å². The van der Waals surface area contributed by atoms with Gasteiger partial charge in [-0.2, -0.15) is 0 Å². The van der Waals surface area contributed by atoms with Gasteiger partial charge in [0.05, 0.1) is 10.6 Å². The molecule has 1 amide bonds. The Balaban J connectivity index is 1.95. The molecule has 148 valence electrons. The van der Waals surface area contributed by atoms with E-state index in [0.29, 0.717) is 23.0 Å². The van der Waals surface area contributed by atoms with Crippen molar-refractivity contribution in [3.8, 4) is 0 Å². The molecule has 0 N–H and O–H groups in total. The fourth-order valence-electron chi connectivity index (χ4n) is 2.84. The van der Waals surface area contributed by atoms with Crippen molar-refractivity contribution >= 4 is 38.5 Å². The minimum atomic E-state index is -3.54. The fourth-order valence-corrected chi connectivity index (χ4v) is 4.81. The highest BCUT2D eigenvalue weighted by Gasteiger charge is 2.31. The summed E-state index contributed by atoms with van der Waals surface area (Å²) in [6.45, 7) is 4.55. The number of carbonyl (C=O) groups excluding carboxylic acids is 1. The van der Waals surface area contributed by atoms with E-state index in [1.54, 1.807) is 29.2 Å². The first-order valence-corrected chi connectivity index (χ1v) is 11.2. The molecule has 8 heteroatoms. The fraction of sp³-hybridized carbons (Fsp3) is 0.300. The normalized spacial score (nSPS) is 18.8. The summed E-state index contributed by atoms with van der Waals surface area (Å²) in [6, 6.07) is 13.9. The second-order valence-electron chi connectivity index (χ2n) is 6.89. The van der Waals surface area contributed by atoms with Crippen LogP contribution < -0.4 is 0 Å². The third-order valence-corrected chi connectivity index (χ3v) is 7.19. The summed E-state index contributed by atoms with van der Waals surface area (Å²) in [7, 11) is -0.563. The number of hydrogen-bond donors (Lipinski definition) is 0. The minimum absolute atomic E-state index is 0.101. The Morgan fingerprint density at radius 1 is 1.18 bits per heavy atom. The smallest absolute Gasteiger partial charge is 0.259 e. The van der Waals surface area contributed by atoms with Crippen LogP contribution in [-0.2, 0) is 10.0 Å². The maximum Gasteiger partial charge on any atom is 0.259 e. The van der Waals surface area contributed by atoms with E-state index in [1.807, 2.05) is 32.0 Å². The number of sulfonamides is 1. The Hall–Kier alpha value is -2.16. The van der Waals surface area contributed by atoms with Crippen LogP contribution >= 0.6 is 11.8 Å². The predicted octanol–water partition coefficient (Wildman–Crippen LogP) is 3.51. The second-order valence-corrected chi connectivity index (χ2v) is 10.5. The average Bonchev–Trinajstić information content (AvgIpc) is 3.01. The molecule has 1 fully saturated rings. The Labute approximate surface area is 170 Å². The van der Waals surface area contributed by atoms with Gasteiger partial charge in [0.1, 0.15) is 0 Å². The van der Waals surface area contributed by atoms with Crippen molar-refractivity contribution in [1.82, 2.24) is 9.21 Å². The zero-order valence-electron chi connectivity index (χ0n) is 16.3. The maximum atomic E-state index is 13.0. The number of thioether (sulfide) groups is 1. The minimum Gasteiger partial charge on any atom is -0.286 e. The maximum absolute atomic E-state index is 13.0. The van der Waals surface area contributed by atoms with Crippen molar-refractivity contribution in [3.05, 3.63) is 59.7 Å². The molecule has 1 atom stereocenters. The Kier molecular flexibility index (Phi) is 5.92. The van der Waals surface area contributed by atoms with Crippen LogP contribution in [0, 0.1) is 6.92 Å². The number of benzene rings is 2. The molecule has 0 bridgehead atoms. The van der Waals surface area contributed by atoms with E-state index in [1.165, 1.54) is 36.2 Å². The van der Waals surface area contributed by atoms with Crippen LogP contribution in [-0.4, -0.2) is 54.6 Å². The van der Waals surface area contributed by atoms with E-state index in [9.17, 15) is 13.2 Å². The average molecular weight is 418 g/mol. The lowest BCUT2D eigenvalue weighted by molar-refractivity contribution is 0.0855. The molecule has 6 nitrogen and oxygen atoms in total. The summed E-state index contributed by atoms with van der Waals surface area (Å²) < 4.78 is 25.9. The molecule has 2 aromatic rings. The number of aliphatic imine (C=N–C) groups is 1. The van der Waals surface area contributed by atoms with Gasteiger partial charge in [-0.25, -0.2) is 17.7 Å². The van der Waals surface area contributed by atoms with Crippen LogP contribution in [0.1, 0.15) is 22.8 Å². The van der Waals surface area contributed by atoms with Crippen molar-refractivity contribution in [2.45, 2.75) is 24.0 Å². The zero-order chi connectivity index (χ0) is 20.5. The van der Waals surface area contributed by atoms with Crippen LogP contribution in [0.3, 0.4) is 0 Å². The highest BCUT2D eigenvalue weighted by molar-refractivity contribution is 8.14. The summed E-state index contributed by atoms with van der Waals surface area (Å²) >= 11 is 1.51. The molecule has 3 rings (SSSR count). The molecule has 0 spiro atoms. The van der Waals surface area contributed by atoms with Crippen LogP contribution in [0.25, 0.3) is 0 Å². The monoisotopic (exact) mass is 417 g/mol. The van der Waals surface area contributed by atoms with Crippen LogP contribution in [0.2, 0.25) is 0 Å². The summed E-state index contributed by atoms with van der Waals surface area (Å²) in [4.78, 5) is 19.4. The van der Waals surface area contributed by atoms with Crippen molar-refractivity contribution in [3.63, 3.8) is 0 Å². The summed E-state index contributed by atoms with van der Waals surface area (Å²) in [5.74, 6) is -0.101. The molecule has 0 aliphatic carbocycles. The number of hydrogen-bond acceptors (Lipinski definition) is 5. The molecule has 1 heterocycles. The second kappa shape index (κ2) is 8.06. The van der Waals surface area contributed by atoms with Crippen LogP contribution in [0.15, 0.2) is 58.4 Å². The Morgan fingerprint density at radius 3 is 2.57 bits per heavy atom. The molecule has 0 radical (unpaired) electrons. The number of rotatable bonds is 4. The van der Waals surface area contributed by atoms with E-state index in [4.69, 9.17) is 0 Å². The lowest BCUT2D eigenvalue weighted by Crippen LogP contribution is -2.32. The molecule has 0 saturated carbocycles. The molecular formula is C20H23N3O3S2. The topological polar surface area (TPSA) is 70.0 Å². The first-order valence-electron chi connectivity index (χ1n) is 8.85. The van der Waals surface area contributed by atoms with E-state index in [-0.39, 0.29) is 16.1 Å². The molecule has 1 saturated heterocycles. The van der Waals surface area contributed by atoms with Gasteiger partial charge >= 0.3 is 0 Å². The highest BCUT2D eigenvalue weighted by Crippen LogP contribution is 2.30. The molecule has 1 aliphatic rings. The van der Waals surface area contributed by atoms with Crippen LogP contribution in [0.5, 0.6) is 0 Å². The van der Waals surface area contributed by atoms with Gasteiger partial charge in [0.25, 0.3) is 5.91 Å². The molecule has 1 aliphatic heterocycles. The molecule has 0 unspecified atom stereocenters. The van der Waals surface area contributed by atoms with E-state index in [2.05, 4.69) is 4.99 Å². The van der Waals surface area contributed by atoms with Crippen molar-refractivity contribution in [1.29, 1.82) is 0 Å². The van der Waals surface area contributed by atoms with Gasteiger partial charge in [0, 0.05) is 31.5 Å². The predicted molar refractivity (Wildman–Crippen MR) is 114 cm³/mol. The van der Waals surface area contributed by atoms with Gasteiger partial charge in [0.2, 0.25) is 10.0 Å². The number of amidine groups is 1. The molecule has 28 heavy (non-hydrogen) atoms. The van der Waals surface area contributed by atoms with Gasteiger partial charge in [0.15, 0.2) is 5.17 Å². The molecule has 0 aromatic heterocycles. The van der Waals surface area contributed by atoms with Gasteiger partial charge in [-0.05, 0) is 37.3 Å². The quantitative estimate of drug-likeness (QED) is 0.763. The Morgan fingerprint density at radius 2 is 1.89 bits per heavy atom. The van der Waals surface area contributed by atoms with Crippen LogP contribution in [0.4, 0.5) is 5.69 Å². The SMILES string of the molecule is Cc1cccc(C(=O)N2C[C@@H](C)SC2=Nc2cccc(S(=O)(=O)N(C)C)c2)c1. The first kappa shape index (κ1) is 20.6. The van der Waals surface area contributed by atoms with E-state index < -0.39 is 10.0 Å². The van der Waals surface area contributed by atoms with Crippen molar-refractivity contribution in [2.24, 2.45) is 4.99 Å². The van der Waals surface area contributed by atoms with Crippen molar-refractivity contribution in [2.75, 3.05) is 20.6 Å². The summed E-state index contributed by atoms with van der Waals surface area (Å²) in [5.41, 5.74) is 2.14. The van der Waals surface area contributed by atoms with Gasteiger partial charge in [-0.15, -0.1) is 0 Å². The van der Waals surface area contributed by atoms with E-state index in [0.717, 1.165) is 5.56 Å². The lowest BCUT2D eigenvalue weighted by Gasteiger charge is -2.16. The zero-order valence-corrected chi connectivity index (χ0v) is 17.9. The summed E-state index contributed by atoms with van der Waals surface area (Å²) in [5, 5.41) is 0.791. The summed E-state index contributed by atoms with van der Waals surface area (Å²) in [6.07, 6.45) is 0. The Bertz CT molecular complexity index is 1030. The standard InChI is InChI=1S/C20H23N3O3S2/c1-14-7-5-8-16(11-14)19(24)23-13-15(2)27-20(23)21-17-9-6-10-18(12-17)28(25,26)22(3)4/h5-12,15H,13H2,1-4H3/t15-/m1/s1. The number of aryl methyl sites for hydroxylation is 1. The van der Waals surface area contributed by atoms with Crippen molar-refractivity contribution < 1.29 is 13.2 Å². The number of amides is 1. The highest BCUT2D eigenvalue weighted by atomic mass is 32.2. The first-order chi connectivity index (χ1) is 13.2. The van der Waals surface area contributed by atoms with Gasteiger partial charge in [-0.3, -0.25) is 9.69 Å². The van der Waals surface area contributed by atoms with Gasteiger partial charge < -0.3 is 0 Å². The molecular weight excluding hydrogens is 394 g/mol.